The van der Waals surface area contributed by atoms with Crippen molar-refractivity contribution in [2.45, 2.75) is 51.4 Å². The maximum absolute atomic E-state index is 13.0. The zero-order chi connectivity index (χ0) is 15.8. The number of aryl methyl sites for hydroxylation is 2. The Bertz CT molecular complexity index is 718. The molecule has 1 atom stereocenters. The summed E-state index contributed by atoms with van der Waals surface area (Å²) in [6, 6.07) is 0. The summed E-state index contributed by atoms with van der Waals surface area (Å²) in [5.74, 6) is 0.635. The van der Waals surface area contributed by atoms with Crippen LogP contribution in [-0.4, -0.2) is 34.1 Å². The van der Waals surface area contributed by atoms with E-state index in [0.29, 0.717) is 5.92 Å². The van der Waals surface area contributed by atoms with Gasteiger partial charge in [-0.2, -0.15) is 5.10 Å². The molecule has 2 aromatic heterocycles. The predicted molar refractivity (Wildman–Crippen MR) is 92.2 cm³/mol. The van der Waals surface area contributed by atoms with Gasteiger partial charge in [0.25, 0.3) is 5.91 Å². The lowest BCUT2D eigenvalue weighted by atomic mass is 9.91. The van der Waals surface area contributed by atoms with Crippen molar-refractivity contribution in [2.75, 3.05) is 13.1 Å². The Kier molecular flexibility index (Phi) is 3.97. The van der Waals surface area contributed by atoms with Gasteiger partial charge in [0.15, 0.2) is 0 Å². The maximum atomic E-state index is 13.0. The van der Waals surface area contributed by atoms with E-state index in [-0.39, 0.29) is 5.91 Å². The van der Waals surface area contributed by atoms with E-state index < -0.39 is 0 Å². The Balaban J connectivity index is 1.54. The Morgan fingerprint density at radius 2 is 2.22 bits per heavy atom. The molecule has 1 amide bonds. The highest BCUT2D eigenvalue weighted by Gasteiger charge is 2.29. The van der Waals surface area contributed by atoms with Gasteiger partial charge in [-0.1, -0.05) is 0 Å². The Morgan fingerprint density at radius 3 is 3.04 bits per heavy atom. The molecule has 0 unspecified atom stereocenters. The highest BCUT2D eigenvalue weighted by atomic mass is 32.1. The number of aromatic amines is 1. The summed E-state index contributed by atoms with van der Waals surface area (Å²) in [4.78, 5) is 16.5. The molecule has 2 aromatic rings. The van der Waals surface area contributed by atoms with E-state index in [0.717, 1.165) is 44.3 Å². The van der Waals surface area contributed by atoms with Crippen molar-refractivity contribution >= 4 is 17.2 Å². The van der Waals surface area contributed by atoms with E-state index in [1.54, 1.807) is 11.3 Å². The summed E-state index contributed by atoms with van der Waals surface area (Å²) in [7, 11) is 0. The average Bonchev–Trinajstić information content (AvgIpc) is 3.20. The Morgan fingerprint density at radius 1 is 1.35 bits per heavy atom. The molecule has 23 heavy (non-hydrogen) atoms. The molecular weight excluding hydrogens is 306 g/mol. The van der Waals surface area contributed by atoms with Gasteiger partial charge in [0, 0.05) is 35.0 Å². The molecule has 0 bridgehead atoms. The number of thiophene rings is 1. The number of rotatable bonds is 2. The van der Waals surface area contributed by atoms with Gasteiger partial charge in [-0.15, -0.1) is 11.3 Å². The number of piperidine rings is 1. The van der Waals surface area contributed by atoms with Crippen LogP contribution >= 0.6 is 11.3 Å². The fraction of sp³-hybridized carbons (Fsp3) is 0.556. The normalized spacial score (nSPS) is 21.3. The summed E-state index contributed by atoms with van der Waals surface area (Å²) in [6.45, 7) is 3.79. The molecule has 3 heterocycles. The van der Waals surface area contributed by atoms with Gasteiger partial charge in [0.1, 0.15) is 0 Å². The van der Waals surface area contributed by atoms with E-state index in [4.69, 9.17) is 0 Å². The molecule has 2 aliphatic rings. The number of carbonyl (C=O) groups is 1. The molecule has 122 valence electrons. The lowest BCUT2D eigenvalue weighted by Crippen LogP contribution is -2.39. The number of H-pyrrole nitrogens is 1. The first-order chi connectivity index (χ1) is 11.2. The molecule has 4 rings (SSSR count). The number of amides is 1. The van der Waals surface area contributed by atoms with Gasteiger partial charge in [0.05, 0.1) is 11.8 Å². The summed E-state index contributed by atoms with van der Waals surface area (Å²) in [5, 5.41) is 9.38. The van der Waals surface area contributed by atoms with Crippen molar-refractivity contribution in [3.05, 3.63) is 38.8 Å². The third-order valence-corrected chi connectivity index (χ3v) is 6.37. The molecular formula is C18H23N3OS. The topological polar surface area (TPSA) is 49.0 Å². The number of likely N-dealkylation sites (tertiary alicyclic amines) is 1. The zero-order valence-electron chi connectivity index (χ0n) is 13.6. The molecule has 1 aliphatic carbocycles. The minimum absolute atomic E-state index is 0.242. The van der Waals surface area contributed by atoms with Gasteiger partial charge < -0.3 is 4.90 Å². The molecule has 0 radical (unpaired) electrons. The standard InChI is InChI=1S/C18H23N3OS/c1-12-9-19-20-17(12)13-5-4-8-21(10-13)18(22)15-11-23-16-7-3-2-6-14(15)16/h9,11,13H,2-8,10H2,1H3,(H,19,20)/t13-/m1/s1. The van der Waals surface area contributed by atoms with Crippen molar-refractivity contribution in [1.82, 2.24) is 15.1 Å². The van der Waals surface area contributed by atoms with Gasteiger partial charge in [-0.25, -0.2) is 0 Å². The van der Waals surface area contributed by atoms with Crippen molar-refractivity contribution in [1.29, 1.82) is 0 Å². The van der Waals surface area contributed by atoms with Crippen molar-refractivity contribution in [3.63, 3.8) is 0 Å². The molecule has 0 spiro atoms. The second-order valence-corrected chi connectivity index (χ2v) is 7.78. The number of nitrogens with zero attached hydrogens (tertiary/aromatic N) is 2. The molecule has 1 aliphatic heterocycles. The Hall–Kier alpha value is -1.62. The minimum Gasteiger partial charge on any atom is -0.338 e. The van der Waals surface area contributed by atoms with E-state index in [1.165, 1.54) is 34.5 Å². The summed E-state index contributed by atoms with van der Waals surface area (Å²) < 4.78 is 0. The van der Waals surface area contributed by atoms with Crippen LogP contribution < -0.4 is 0 Å². The van der Waals surface area contributed by atoms with Gasteiger partial charge in [-0.3, -0.25) is 9.89 Å². The second-order valence-electron chi connectivity index (χ2n) is 6.82. The van der Waals surface area contributed by atoms with Gasteiger partial charge in [-0.05, 0) is 56.6 Å². The summed E-state index contributed by atoms with van der Waals surface area (Å²) in [5.41, 5.74) is 4.73. The van der Waals surface area contributed by atoms with E-state index in [2.05, 4.69) is 27.4 Å². The smallest absolute Gasteiger partial charge is 0.255 e. The molecule has 5 heteroatoms. The lowest BCUT2D eigenvalue weighted by Gasteiger charge is -2.33. The van der Waals surface area contributed by atoms with Crippen LogP contribution in [0.5, 0.6) is 0 Å². The monoisotopic (exact) mass is 329 g/mol. The van der Waals surface area contributed by atoms with Gasteiger partial charge >= 0.3 is 0 Å². The highest BCUT2D eigenvalue weighted by Crippen LogP contribution is 2.33. The third-order valence-electron chi connectivity index (χ3n) is 5.28. The van der Waals surface area contributed by atoms with E-state index >= 15 is 0 Å². The van der Waals surface area contributed by atoms with Crippen LogP contribution in [0.4, 0.5) is 0 Å². The quantitative estimate of drug-likeness (QED) is 0.914. The fourth-order valence-corrected chi connectivity index (χ4v) is 5.13. The van der Waals surface area contributed by atoms with Crippen LogP contribution in [0.3, 0.4) is 0 Å². The number of nitrogens with one attached hydrogen (secondary N) is 1. The first kappa shape index (κ1) is 14.9. The maximum Gasteiger partial charge on any atom is 0.255 e. The van der Waals surface area contributed by atoms with E-state index in [9.17, 15) is 4.79 Å². The predicted octanol–water partition coefficient (Wildman–Crippen LogP) is 3.68. The van der Waals surface area contributed by atoms with Crippen LogP contribution in [0.15, 0.2) is 11.6 Å². The number of fused-ring (bicyclic) bond motifs is 1. The molecule has 4 nitrogen and oxygen atoms in total. The lowest BCUT2D eigenvalue weighted by molar-refractivity contribution is 0.0705. The molecule has 1 saturated heterocycles. The van der Waals surface area contributed by atoms with Crippen LogP contribution in [0, 0.1) is 6.92 Å². The zero-order valence-corrected chi connectivity index (χ0v) is 14.4. The number of hydrogen-bond acceptors (Lipinski definition) is 3. The minimum atomic E-state index is 0.242. The number of hydrogen-bond donors (Lipinski definition) is 1. The third kappa shape index (κ3) is 2.71. The van der Waals surface area contributed by atoms with Crippen LogP contribution in [-0.2, 0) is 12.8 Å². The number of carbonyl (C=O) groups excluding carboxylic acids is 1. The van der Waals surface area contributed by atoms with Gasteiger partial charge in [0.2, 0.25) is 0 Å². The average molecular weight is 329 g/mol. The van der Waals surface area contributed by atoms with E-state index in [1.807, 2.05) is 6.20 Å². The SMILES string of the molecule is Cc1cn[nH]c1[C@@H]1CCCN(C(=O)c2csc3c2CCCC3)C1. The first-order valence-electron chi connectivity index (χ1n) is 8.62. The largest absolute Gasteiger partial charge is 0.338 e. The molecule has 0 aromatic carbocycles. The van der Waals surface area contributed by atoms with Crippen LogP contribution in [0.1, 0.15) is 63.7 Å². The first-order valence-corrected chi connectivity index (χ1v) is 9.50. The molecule has 0 saturated carbocycles. The summed E-state index contributed by atoms with van der Waals surface area (Å²) >= 11 is 1.78. The van der Waals surface area contributed by atoms with Crippen molar-refractivity contribution in [2.24, 2.45) is 0 Å². The fourth-order valence-electron chi connectivity index (χ4n) is 4.01. The number of aromatic nitrogens is 2. The van der Waals surface area contributed by atoms with Crippen molar-refractivity contribution < 1.29 is 4.79 Å². The Labute approximate surface area is 140 Å². The van der Waals surface area contributed by atoms with Crippen LogP contribution in [0.25, 0.3) is 0 Å². The second kappa shape index (κ2) is 6.11. The van der Waals surface area contributed by atoms with Crippen LogP contribution in [0.2, 0.25) is 0 Å². The summed E-state index contributed by atoms with van der Waals surface area (Å²) in [6.07, 6.45) is 8.81. The van der Waals surface area contributed by atoms with Crippen molar-refractivity contribution in [3.8, 4) is 0 Å². The highest BCUT2D eigenvalue weighted by molar-refractivity contribution is 7.10. The molecule has 1 N–H and O–H groups in total. The molecule has 1 fully saturated rings.